The number of carbonyl (C=O) groups excluding carboxylic acids is 4. The van der Waals surface area contributed by atoms with Gasteiger partial charge in [0.1, 0.15) is 0 Å². The third kappa shape index (κ3) is 3.28. The molecule has 1 aliphatic rings. The second-order valence-electron chi connectivity index (χ2n) is 6.96. The van der Waals surface area contributed by atoms with Crippen molar-refractivity contribution in [1.29, 1.82) is 0 Å². The van der Waals surface area contributed by atoms with Gasteiger partial charge in [0.2, 0.25) is 0 Å². The Balaban J connectivity index is 1.83. The normalized spacial score (nSPS) is 14.9. The molecule has 0 unspecified atom stereocenters. The number of hydrogen-bond donors (Lipinski definition) is 0. The number of hydrogen-bond acceptors (Lipinski definition) is 4. The lowest BCUT2D eigenvalue weighted by Gasteiger charge is -2.36. The van der Waals surface area contributed by atoms with Crippen LogP contribution in [0.25, 0.3) is 0 Å². The van der Waals surface area contributed by atoms with Gasteiger partial charge in [-0.1, -0.05) is 66.2 Å². The summed E-state index contributed by atoms with van der Waals surface area (Å²) in [6.07, 6.45) is 0. The first-order valence-electron chi connectivity index (χ1n) is 9.42. The van der Waals surface area contributed by atoms with Gasteiger partial charge in [0.25, 0.3) is 11.8 Å². The maximum atomic E-state index is 13.2. The van der Waals surface area contributed by atoms with Gasteiger partial charge >= 0.3 is 6.03 Å². The lowest BCUT2D eigenvalue weighted by atomic mass is 9.92. The molecule has 3 aromatic carbocycles. The highest BCUT2D eigenvalue weighted by molar-refractivity contribution is 6.43. The third-order valence-electron chi connectivity index (χ3n) is 4.94. The summed E-state index contributed by atoms with van der Waals surface area (Å²) >= 11 is 0. The van der Waals surface area contributed by atoms with Crippen LogP contribution in [0.3, 0.4) is 0 Å². The Morgan fingerprint density at radius 2 is 1.10 bits per heavy atom. The maximum Gasteiger partial charge on any atom is 0.342 e. The molecule has 0 radical (unpaired) electrons. The average Bonchev–Trinajstić information content (AvgIpc) is 2.75. The number of ketones is 1. The second kappa shape index (κ2) is 7.75. The molecule has 0 atom stereocenters. The van der Waals surface area contributed by atoms with E-state index < -0.39 is 29.5 Å². The largest absolute Gasteiger partial charge is 0.342 e. The van der Waals surface area contributed by atoms with E-state index in [1.807, 2.05) is 6.92 Å². The quantitative estimate of drug-likeness (QED) is 0.492. The molecular formula is C24H18N2O4. The minimum Gasteiger partial charge on any atom is -0.293 e. The summed E-state index contributed by atoms with van der Waals surface area (Å²) in [5.74, 6) is -3.99. The van der Waals surface area contributed by atoms with Crippen molar-refractivity contribution in [1.82, 2.24) is 0 Å². The Hall–Kier alpha value is -4.06. The predicted molar refractivity (Wildman–Crippen MR) is 112 cm³/mol. The monoisotopic (exact) mass is 398 g/mol. The van der Waals surface area contributed by atoms with Gasteiger partial charge in [-0.25, -0.2) is 14.6 Å². The number of amides is 4. The van der Waals surface area contributed by atoms with Gasteiger partial charge in [-0.05, 0) is 31.2 Å². The average molecular weight is 398 g/mol. The number of nitrogens with zero attached hydrogens (tertiary/aromatic N) is 2. The Morgan fingerprint density at radius 1 is 0.667 bits per heavy atom. The van der Waals surface area contributed by atoms with Crippen molar-refractivity contribution in [3.05, 3.63) is 96.1 Å². The standard InChI is InChI=1S/C24H18N2O4/c1-16-12-14-17(15-13-16)21(27)20-22(28)25(18-8-4-2-5-9-18)24(30)26(23(20)29)19-10-6-3-7-11-19/h2-15,20H,1H3. The third-order valence-corrected chi connectivity index (χ3v) is 4.94. The summed E-state index contributed by atoms with van der Waals surface area (Å²) in [6.45, 7) is 1.87. The number of aryl methyl sites for hydroxylation is 1. The molecule has 0 saturated carbocycles. The van der Waals surface area contributed by atoms with Gasteiger partial charge < -0.3 is 0 Å². The summed E-state index contributed by atoms with van der Waals surface area (Å²) in [5, 5.41) is 0. The van der Waals surface area contributed by atoms with E-state index in [0.29, 0.717) is 11.4 Å². The fourth-order valence-corrected chi connectivity index (χ4v) is 3.39. The Labute approximate surface area is 173 Å². The topological polar surface area (TPSA) is 74.8 Å². The number of rotatable bonds is 4. The SMILES string of the molecule is Cc1ccc(C(=O)C2C(=O)N(c3ccccc3)C(=O)N(c3ccccc3)C2=O)cc1. The summed E-state index contributed by atoms with van der Waals surface area (Å²) < 4.78 is 0. The molecule has 0 spiro atoms. The first kappa shape index (κ1) is 19.3. The molecule has 1 fully saturated rings. The number of benzene rings is 3. The van der Waals surface area contributed by atoms with E-state index >= 15 is 0 Å². The van der Waals surface area contributed by atoms with E-state index in [4.69, 9.17) is 0 Å². The second-order valence-corrected chi connectivity index (χ2v) is 6.96. The molecule has 1 aliphatic heterocycles. The number of para-hydroxylation sites is 2. The molecule has 30 heavy (non-hydrogen) atoms. The van der Waals surface area contributed by atoms with Crippen LogP contribution in [0.15, 0.2) is 84.9 Å². The van der Waals surface area contributed by atoms with Crippen molar-refractivity contribution in [2.24, 2.45) is 5.92 Å². The first-order chi connectivity index (χ1) is 14.5. The maximum absolute atomic E-state index is 13.2. The van der Waals surface area contributed by atoms with Gasteiger partial charge in [0.15, 0.2) is 11.7 Å². The van der Waals surface area contributed by atoms with Gasteiger partial charge in [-0.2, -0.15) is 0 Å². The van der Waals surface area contributed by atoms with Gasteiger partial charge in [-0.15, -0.1) is 0 Å². The molecule has 6 heteroatoms. The summed E-state index contributed by atoms with van der Waals surface area (Å²) in [4.78, 5) is 54.7. The minimum absolute atomic E-state index is 0.239. The van der Waals surface area contributed by atoms with E-state index in [1.165, 1.54) is 0 Å². The highest BCUT2D eigenvalue weighted by Gasteiger charge is 2.50. The van der Waals surface area contributed by atoms with Crippen LogP contribution in [0.2, 0.25) is 0 Å². The van der Waals surface area contributed by atoms with E-state index in [2.05, 4.69) is 0 Å². The van der Waals surface area contributed by atoms with E-state index in [-0.39, 0.29) is 5.56 Å². The highest BCUT2D eigenvalue weighted by Crippen LogP contribution is 2.30. The van der Waals surface area contributed by atoms with Crippen LogP contribution in [0.5, 0.6) is 0 Å². The van der Waals surface area contributed by atoms with E-state index in [1.54, 1.807) is 84.9 Å². The van der Waals surface area contributed by atoms with Crippen molar-refractivity contribution >= 4 is 35.0 Å². The molecule has 1 heterocycles. The summed E-state index contributed by atoms with van der Waals surface area (Å²) in [5.41, 5.74) is 1.77. The zero-order valence-electron chi connectivity index (χ0n) is 16.2. The molecular weight excluding hydrogens is 380 g/mol. The molecule has 1 saturated heterocycles. The fraction of sp³-hybridized carbons (Fsp3) is 0.0833. The molecule has 4 rings (SSSR count). The Morgan fingerprint density at radius 3 is 1.53 bits per heavy atom. The molecule has 6 nitrogen and oxygen atoms in total. The Kier molecular flexibility index (Phi) is 4.98. The van der Waals surface area contributed by atoms with Crippen molar-refractivity contribution < 1.29 is 19.2 Å². The summed E-state index contributed by atoms with van der Waals surface area (Å²) in [6, 6.07) is 22.4. The number of imide groups is 2. The first-order valence-corrected chi connectivity index (χ1v) is 9.42. The Bertz CT molecular complexity index is 1060. The van der Waals surface area contributed by atoms with Gasteiger partial charge in [-0.3, -0.25) is 14.4 Å². The molecule has 0 aliphatic carbocycles. The molecule has 4 amide bonds. The van der Waals surface area contributed by atoms with Crippen molar-refractivity contribution in [2.45, 2.75) is 6.92 Å². The van der Waals surface area contributed by atoms with E-state index in [0.717, 1.165) is 15.4 Å². The highest BCUT2D eigenvalue weighted by atomic mass is 16.2. The lowest BCUT2D eigenvalue weighted by Crippen LogP contribution is -2.62. The van der Waals surface area contributed by atoms with Crippen molar-refractivity contribution in [2.75, 3.05) is 9.80 Å². The van der Waals surface area contributed by atoms with Crippen LogP contribution in [0.4, 0.5) is 16.2 Å². The number of Topliss-reactive ketones (excluding diaryl/α,β-unsaturated/α-hetero) is 1. The molecule has 0 N–H and O–H groups in total. The molecule has 0 bridgehead atoms. The number of carbonyl (C=O) groups is 4. The smallest absolute Gasteiger partial charge is 0.293 e. The van der Waals surface area contributed by atoms with Crippen molar-refractivity contribution in [3.8, 4) is 0 Å². The van der Waals surface area contributed by atoms with Crippen LogP contribution >= 0.6 is 0 Å². The van der Waals surface area contributed by atoms with Crippen LogP contribution < -0.4 is 9.80 Å². The van der Waals surface area contributed by atoms with Crippen LogP contribution in [0, 0.1) is 12.8 Å². The van der Waals surface area contributed by atoms with E-state index in [9.17, 15) is 19.2 Å². The van der Waals surface area contributed by atoms with Crippen LogP contribution in [-0.4, -0.2) is 23.6 Å². The number of urea groups is 1. The molecule has 148 valence electrons. The predicted octanol–water partition coefficient (Wildman–Crippen LogP) is 3.99. The number of anilines is 2. The number of barbiturate groups is 1. The van der Waals surface area contributed by atoms with Crippen molar-refractivity contribution in [3.63, 3.8) is 0 Å². The van der Waals surface area contributed by atoms with Gasteiger partial charge in [0.05, 0.1) is 11.4 Å². The van der Waals surface area contributed by atoms with Crippen LogP contribution in [-0.2, 0) is 9.59 Å². The lowest BCUT2D eigenvalue weighted by molar-refractivity contribution is -0.130. The molecule has 3 aromatic rings. The molecule has 0 aromatic heterocycles. The zero-order chi connectivity index (χ0) is 21.3. The van der Waals surface area contributed by atoms with Gasteiger partial charge in [0, 0.05) is 5.56 Å². The fourth-order valence-electron chi connectivity index (χ4n) is 3.39. The summed E-state index contributed by atoms with van der Waals surface area (Å²) in [7, 11) is 0. The zero-order valence-corrected chi connectivity index (χ0v) is 16.2. The minimum atomic E-state index is -1.65. The van der Waals surface area contributed by atoms with Crippen LogP contribution in [0.1, 0.15) is 15.9 Å².